The molecule has 0 aromatic heterocycles. The van der Waals surface area contributed by atoms with Crippen LogP contribution in [-0.4, -0.2) is 5.78 Å². The third-order valence-corrected chi connectivity index (χ3v) is 1.93. The van der Waals surface area contributed by atoms with Crippen LogP contribution in [0, 0.1) is 17.2 Å². The summed E-state index contributed by atoms with van der Waals surface area (Å²) in [7, 11) is 0. The highest BCUT2D eigenvalue weighted by molar-refractivity contribution is 5.81. The van der Waals surface area contributed by atoms with Gasteiger partial charge in [0, 0.05) is 0 Å². The fourth-order valence-corrected chi connectivity index (χ4v) is 1.13. The van der Waals surface area contributed by atoms with Gasteiger partial charge in [0.2, 0.25) is 0 Å². The number of nitrogens with zero attached hydrogens (tertiary/aromatic N) is 1. The van der Waals surface area contributed by atoms with E-state index in [4.69, 9.17) is 5.26 Å². The minimum atomic E-state index is -0.498. The van der Waals surface area contributed by atoms with Crippen LogP contribution in [0.2, 0.25) is 0 Å². The lowest BCUT2D eigenvalue weighted by Crippen LogP contribution is -2.11. The molecule has 1 aromatic rings. The maximum Gasteiger partial charge on any atom is 0.147 e. The number of carbonyl (C=O) groups is 1. The van der Waals surface area contributed by atoms with Crippen molar-refractivity contribution in [2.75, 3.05) is 0 Å². The summed E-state index contributed by atoms with van der Waals surface area (Å²) in [5.74, 6) is -0.561. The average molecular weight is 173 g/mol. The van der Waals surface area contributed by atoms with Crippen LogP contribution in [0.4, 0.5) is 0 Å². The molecule has 0 heterocycles. The maximum absolute atomic E-state index is 11.0. The van der Waals surface area contributed by atoms with Gasteiger partial charge in [-0.3, -0.25) is 4.79 Å². The standard InChI is InChI=1S/C11H11NO/c1-9(13)11(8-12)7-10-5-3-2-4-6-10/h2-6,11H,7H2,1H3/t11-/m0/s1. The number of rotatable bonds is 3. The Morgan fingerprint density at radius 2 is 2.08 bits per heavy atom. The zero-order chi connectivity index (χ0) is 9.68. The second-order valence-corrected chi connectivity index (χ2v) is 2.98. The summed E-state index contributed by atoms with van der Waals surface area (Å²) in [5, 5.41) is 8.69. The van der Waals surface area contributed by atoms with Crippen molar-refractivity contribution in [3.8, 4) is 6.07 Å². The monoisotopic (exact) mass is 173 g/mol. The van der Waals surface area contributed by atoms with Gasteiger partial charge in [-0.1, -0.05) is 30.3 Å². The van der Waals surface area contributed by atoms with E-state index in [1.165, 1.54) is 6.92 Å². The summed E-state index contributed by atoms with van der Waals surface area (Å²) in [6.07, 6.45) is 0.521. The van der Waals surface area contributed by atoms with E-state index in [9.17, 15) is 4.79 Å². The van der Waals surface area contributed by atoms with E-state index >= 15 is 0 Å². The van der Waals surface area contributed by atoms with Gasteiger partial charge in [-0.15, -0.1) is 0 Å². The lowest BCUT2D eigenvalue weighted by Gasteiger charge is -2.03. The van der Waals surface area contributed by atoms with Gasteiger partial charge in [0.15, 0.2) is 0 Å². The van der Waals surface area contributed by atoms with E-state index in [2.05, 4.69) is 0 Å². The Balaban J connectivity index is 2.69. The highest BCUT2D eigenvalue weighted by Gasteiger charge is 2.12. The van der Waals surface area contributed by atoms with Crippen LogP contribution in [0.15, 0.2) is 30.3 Å². The van der Waals surface area contributed by atoms with Gasteiger partial charge in [0.05, 0.1) is 6.07 Å². The van der Waals surface area contributed by atoms with Crippen molar-refractivity contribution in [3.63, 3.8) is 0 Å². The van der Waals surface area contributed by atoms with Crippen molar-refractivity contribution in [2.24, 2.45) is 5.92 Å². The van der Waals surface area contributed by atoms with E-state index in [-0.39, 0.29) is 5.78 Å². The SMILES string of the molecule is CC(=O)[C@H](C#N)Cc1ccccc1. The van der Waals surface area contributed by atoms with Crippen LogP contribution < -0.4 is 0 Å². The Bertz CT molecular complexity index is 324. The van der Waals surface area contributed by atoms with Crippen LogP contribution >= 0.6 is 0 Å². The lowest BCUT2D eigenvalue weighted by atomic mass is 9.98. The first-order valence-electron chi connectivity index (χ1n) is 4.18. The number of hydrogen-bond acceptors (Lipinski definition) is 2. The predicted octanol–water partition coefficient (Wildman–Crippen LogP) is 1.96. The van der Waals surface area contributed by atoms with E-state index < -0.39 is 5.92 Å². The van der Waals surface area contributed by atoms with Crippen molar-refractivity contribution >= 4 is 5.78 Å². The molecule has 2 nitrogen and oxygen atoms in total. The van der Waals surface area contributed by atoms with Gasteiger partial charge < -0.3 is 0 Å². The van der Waals surface area contributed by atoms with Crippen LogP contribution in [-0.2, 0) is 11.2 Å². The smallest absolute Gasteiger partial charge is 0.147 e. The molecule has 0 amide bonds. The molecule has 0 unspecified atom stereocenters. The van der Waals surface area contributed by atoms with Crippen molar-refractivity contribution in [3.05, 3.63) is 35.9 Å². The number of ketones is 1. The molecule has 1 atom stereocenters. The van der Waals surface area contributed by atoms with Crippen LogP contribution in [0.5, 0.6) is 0 Å². The van der Waals surface area contributed by atoms with Crippen LogP contribution in [0.25, 0.3) is 0 Å². The Morgan fingerprint density at radius 1 is 1.46 bits per heavy atom. The molecular weight excluding hydrogens is 162 g/mol. The Kier molecular flexibility index (Phi) is 3.22. The van der Waals surface area contributed by atoms with Gasteiger partial charge in [0.1, 0.15) is 11.7 Å². The number of carbonyl (C=O) groups excluding carboxylic acids is 1. The highest BCUT2D eigenvalue weighted by Crippen LogP contribution is 2.08. The third-order valence-electron chi connectivity index (χ3n) is 1.93. The fourth-order valence-electron chi connectivity index (χ4n) is 1.13. The summed E-state index contributed by atoms with van der Waals surface area (Å²) >= 11 is 0. The lowest BCUT2D eigenvalue weighted by molar-refractivity contribution is -0.119. The zero-order valence-corrected chi connectivity index (χ0v) is 7.53. The molecule has 0 aliphatic carbocycles. The number of nitriles is 1. The molecule has 0 N–H and O–H groups in total. The molecule has 0 aliphatic heterocycles. The summed E-state index contributed by atoms with van der Waals surface area (Å²) < 4.78 is 0. The van der Waals surface area contributed by atoms with Crippen molar-refractivity contribution in [1.29, 1.82) is 5.26 Å². The predicted molar refractivity (Wildman–Crippen MR) is 49.9 cm³/mol. The zero-order valence-electron chi connectivity index (χ0n) is 7.53. The minimum Gasteiger partial charge on any atom is -0.299 e. The molecule has 1 aromatic carbocycles. The molecule has 0 aliphatic rings. The maximum atomic E-state index is 11.0. The molecule has 0 bridgehead atoms. The Hall–Kier alpha value is -1.62. The van der Waals surface area contributed by atoms with Gasteiger partial charge in [-0.2, -0.15) is 5.26 Å². The summed E-state index contributed by atoms with van der Waals surface area (Å²) in [5.41, 5.74) is 1.03. The molecule has 0 saturated heterocycles. The molecule has 0 fully saturated rings. The van der Waals surface area contributed by atoms with E-state index in [0.29, 0.717) is 6.42 Å². The van der Waals surface area contributed by atoms with E-state index in [1.54, 1.807) is 0 Å². The largest absolute Gasteiger partial charge is 0.299 e. The molecule has 1 rings (SSSR count). The van der Waals surface area contributed by atoms with E-state index in [0.717, 1.165) is 5.56 Å². The first kappa shape index (κ1) is 9.47. The average Bonchev–Trinajstić information content (AvgIpc) is 2.15. The first-order valence-corrected chi connectivity index (χ1v) is 4.18. The molecule has 2 heteroatoms. The second-order valence-electron chi connectivity index (χ2n) is 2.98. The van der Waals surface area contributed by atoms with Crippen LogP contribution in [0.1, 0.15) is 12.5 Å². The molecule has 0 spiro atoms. The highest BCUT2D eigenvalue weighted by atomic mass is 16.1. The summed E-state index contributed by atoms with van der Waals surface area (Å²) in [4.78, 5) is 11.0. The number of Topliss-reactive ketones (excluding diaryl/α,β-unsaturated/α-hetero) is 1. The normalized spacial score (nSPS) is 11.7. The van der Waals surface area contributed by atoms with Gasteiger partial charge in [-0.05, 0) is 18.9 Å². The summed E-state index contributed by atoms with van der Waals surface area (Å²) in [6.45, 7) is 1.46. The Labute approximate surface area is 77.8 Å². The van der Waals surface area contributed by atoms with Crippen molar-refractivity contribution in [2.45, 2.75) is 13.3 Å². The summed E-state index contributed by atoms with van der Waals surface area (Å²) in [6, 6.07) is 11.6. The number of hydrogen-bond donors (Lipinski definition) is 0. The molecular formula is C11H11NO. The second kappa shape index (κ2) is 4.42. The minimum absolute atomic E-state index is 0.0636. The molecule has 0 radical (unpaired) electrons. The van der Waals surface area contributed by atoms with Gasteiger partial charge >= 0.3 is 0 Å². The van der Waals surface area contributed by atoms with Crippen molar-refractivity contribution in [1.82, 2.24) is 0 Å². The van der Waals surface area contributed by atoms with E-state index in [1.807, 2.05) is 36.4 Å². The van der Waals surface area contributed by atoms with Gasteiger partial charge in [-0.25, -0.2) is 0 Å². The third kappa shape index (κ3) is 2.72. The van der Waals surface area contributed by atoms with Gasteiger partial charge in [0.25, 0.3) is 0 Å². The van der Waals surface area contributed by atoms with Crippen molar-refractivity contribution < 1.29 is 4.79 Å². The quantitative estimate of drug-likeness (QED) is 0.701. The fraction of sp³-hybridized carbons (Fsp3) is 0.273. The Morgan fingerprint density at radius 3 is 2.54 bits per heavy atom. The molecule has 66 valence electrons. The molecule has 0 saturated carbocycles. The number of benzene rings is 1. The van der Waals surface area contributed by atoms with Crippen LogP contribution in [0.3, 0.4) is 0 Å². The topological polar surface area (TPSA) is 40.9 Å². The molecule has 13 heavy (non-hydrogen) atoms. The first-order chi connectivity index (χ1) is 6.24.